The molecule has 1 aliphatic rings. The minimum Gasteiger partial charge on any atom is -0.378 e. The van der Waals surface area contributed by atoms with Crippen molar-refractivity contribution in [2.45, 2.75) is 12.0 Å². The van der Waals surface area contributed by atoms with E-state index in [2.05, 4.69) is 15.3 Å². The quantitative estimate of drug-likeness (QED) is 0.851. The second kappa shape index (κ2) is 5.66. The van der Waals surface area contributed by atoms with E-state index in [4.69, 9.17) is 16.3 Å². The molecule has 2 aromatic rings. The summed E-state index contributed by atoms with van der Waals surface area (Å²) in [6.07, 6.45) is 3.66. The van der Waals surface area contributed by atoms with Gasteiger partial charge in [-0.25, -0.2) is 13.8 Å². The highest BCUT2D eigenvalue weighted by molar-refractivity contribution is 6.31. The van der Waals surface area contributed by atoms with Crippen LogP contribution in [0.4, 0.5) is 8.78 Å². The van der Waals surface area contributed by atoms with Crippen LogP contribution in [0.5, 0.6) is 0 Å². The molecule has 22 heavy (non-hydrogen) atoms. The molecule has 0 aliphatic carbocycles. The second-order valence-electron chi connectivity index (χ2n) is 5.00. The number of hydrogen-bond acceptors (Lipinski definition) is 3. The Hall–Kier alpha value is -1.99. The Morgan fingerprint density at radius 3 is 2.91 bits per heavy atom. The third kappa shape index (κ3) is 2.46. The van der Waals surface area contributed by atoms with Gasteiger partial charge in [0.25, 0.3) is 5.91 Å². The molecule has 1 unspecified atom stereocenters. The van der Waals surface area contributed by atoms with Crippen molar-refractivity contribution in [2.75, 3.05) is 13.2 Å². The van der Waals surface area contributed by atoms with Gasteiger partial charge in [-0.05, 0) is 12.1 Å². The smallest absolute Gasteiger partial charge is 0.255 e. The van der Waals surface area contributed by atoms with Gasteiger partial charge in [0, 0.05) is 25.4 Å². The summed E-state index contributed by atoms with van der Waals surface area (Å²) in [6.45, 7) is 0.649. The number of rotatable bonds is 3. The average Bonchev–Trinajstić information content (AvgIpc) is 3.16. The summed E-state index contributed by atoms with van der Waals surface area (Å²) in [6, 6.07) is 2.00. The molecule has 1 aliphatic heterocycles. The lowest BCUT2D eigenvalue weighted by molar-refractivity contribution is 0.0865. The first-order valence-electron chi connectivity index (χ1n) is 6.57. The number of carbonyl (C=O) groups is 1. The molecule has 1 aromatic heterocycles. The number of imidazole rings is 1. The Morgan fingerprint density at radius 2 is 2.27 bits per heavy atom. The van der Waals surface area contributed by atoms with Gasteiger partial charge in [-0.15, -0.1) is 0 Å². The van der Waals surface area contributed by atoms with E-state index in [0.717, 1.165) is 12.1 Å². The summed E-state index contributed by atoms with van der Waals surface area (Å²) in [5.74, 6) is -2.19. The third-order valence-electron chi connectivity index (χ3n) is 3.61. The molecule has 1 atom stereocenters. The fraction of sp³-hybridized carbons (Fsp3) is 0.286. The van der Waals surface area contributed by atoms with Crippen molar-refractivity contribution in [1.29, 1.82) is 0 Å². The Balaban J connectivity index is 1.91. The number of H-pyrrole nitrogens is 1. The number of amides is 1. The molecule has 1 saturated heterocycles. The van der Waals surface area contributed by atoms with Gasteiger partial charge in [0.15, 0.2) is 5.82 Å². The standard InChI is InChI=1S/C14H12ClF2N3O2/c15-10-9(16)2-1-8(11(10)17)12(21)20-14(3-6-22-7-14)13-18-4-5-19-13/h1-2,4-5H,3,6-7H2,(H,18,19)(H,20,21). The van der Waals surface area contributed by atoms with Crippen molar-refractivity contribution in [1.82, 2.24) is 15.3 Å². The zero-order valence-corrected chi connectivity index (χ0v) is 12.1. The van der Waals surface area contributed by atoms with Crippen molar-refractivity contribution >= 4 is 17.5 Å². The molecule has 8 heteroatoms. The number of hydrogen-bond donors (Lipinski definition) is 2. The van der Waals surface area contributed by atoms with Crippen LogP contribution in [0.1, 0.15) is 22.6 Å². The number of carbonyl (C=O) groups excluding carboxylic acids is 1. The highest BCUT2D eigenvalue weighted by Crippen LogP contribution is 2.29. The lowest BCUT2D eigenvalue weighted by atomic mass is 9.97. The van der Waals surface area contributed by atoms with Crippen LogP contribution in [0, 0.1) is 11.6 Å². The summed E-state index contributed by atoms with van der Waals surface area (Å²) >= 11 is 5.50. The molecule has 2 heterocycles. The first-order chi connectivity index (χ1) is 10.5. The number of nitrogens with one attached hydrogen (secondary N) is 2. The van der Waals surface area contributed by atoms with Gasteiger partial charge in [0.2, 0.25) is 0 Å². The summed E-state index contributed by atoms with van der Waals surface area (Å²) < 4.78 is 32.5. The molecular weight excluding hydrogens is 316 g/mol. The van der Waals surface area contributed by atoms with Crippen LogP contribution in [0.15, 0.2) is 24.5 Å². The highest BCUT2D eigenvalue weighted by atomic mass is 35.5. The number of ether oxygens (including phenoxy) is 1. The summed E-state index contributed by atoms with van der Waals surface area (Å²) in [5.41, 5.74) is -1.20. The summed E-state index contributed by atoms with van der Waals surface area (Å²) in [7, 11) is 0. The lowest BCUT2D eigenvalue weighted by Gasteiger charge is -2.26. The van der Waals surface area contributed by atoms with Crippen LogP contribution >= 0.6 is 11.6 Å². The Bertz CT molecular complexity index is 700. The fourth-order valence-electron chi connectivity index (χ4n) is 2.42. The maximum absolute atomic E-state index is 14.0. The molecule has 0 saturated carbocycles. The summed E-state index contributed by atoms with van der Waals surface area (Å²) in [5, 5.41) is 2.01. The van der Waals surface area contributed by atoms with Crippen molar-refractivity contribution in [2.24, 2.45) is 0 Å². The number of aromatic nitrogens is 2. The first kappa shape index (κ1) is 14.9. The number of halogens is 3. The Kier molecular flexibility index (Phi) is 3.84. The van der Waals surface area contributed by atoms with Gasteiger partial charge in [-0.2, -0.15) is 0 Å². The van der Waals surface area contributed by atoms with E-state index in [0.29, 0.717) is 18.9 Å². The van der Waals surface area contributed by atoms with Crippen LogP contribution in [-0.2, 0) is 10.3 Å². The predicted octanol–water partition coefficient (Wildman–Crippen LogP) is 2.39. The van der Waals surface area contributed by atoms with Gasteiger partial charge in [0.1, 0.15) is 22.2 Å². The molecule has 0 spiro atoms. The fourth-order valence-corrected chi connectivity index (χ4v) is 2.59. The highest BCUT2D eigenvalue weighted by Gasteiger charge is 2.41. The van der Waals surface area contributed by atoms with Gasteiger partial charge in [-0.3, -0.25) is 4.79 Å². The van der Waals surface area contributed by atoms with Gasteiger partial charge >= 0.3 is 0 Å². The monoisotopic (exact) mass is 327 g/mol. The predicted molar refractivity (Wildman–Crippen MR) is 74.5 cm³/mol. The van der Waals surface area contributed by atoms with Crippen LogP contribution in [0.2, 0.25) is 5.02 Å². The molecular formula is C14H12ClF2N3O2. The van der Waals surface area contributed by atoms with E-state index in [1.807, 2.05) is 0 Å². The molecule has 1 amide bonds. The number of aromatic amines is 1. The zero-order chi connectivity index (χ0) is 15.7. The lowest BCUT2D eigenvalue weighted by Crippen LogP contribution is -2.47. The van der Waals surface area contributed by atoms with Gasteiger partial charge in [-0.1, -0.05) is 11.6 Å². The molecule has 5 nitrogen and oxygen atoms in total. The molecule has 1 aromatic carbocycles. The van der Waals surface area contributed by atoms with E-state index in [1.165, 1.54) is 0 Å². The molecule has 3 rings (SSSR count). The first-order valence-corrected chi connectivity index (χ1v) is 6.95. The van der Waals surface area contributed by atoms with E-state index in [9.17, 15) is 13.6 Å². The van der Waals surface area contributed by atoms with E-state index < -0.39 is 28.1 Å². The van der Waals surface area contributed by atoms with E-state index in [1.54, 1.807) is 12.4 Å². The van der Waals surface area contributed by atoms with Crippen molar-refractivity contribution < 1.29 is 18.3 Å². The zero-order valence-electron chi connectivity index (χ0n) is 11.3. The topological polar surface area (TPSA) is 67.0 Å². The molecule has 2 N–H and O–H groups in total. The molecule has 0 radical (unpaired) electrons. The minimum atomic E-state index is -1.09. The van der Waals surface area contributed by atoms with Crippen molar-refractivity contribution in [3.63, 3.8) is 0 Å². The maximum Gasteiger partial charge on any atom is 0.255 e. The maximum atomic E-state index is 14.0. The molecule has 116 valence electrons. The van der Waals surface area contributed by atoms with Crippen LogP contribution in [0.25, 0.3) is 0 Å². The van der Waals surface area contributed by atoms with Crippen LogP contribution < -0.4 is 5.32 Å². The van der Waals surface area contributed by atoms with Gasteiger partial charge < -0.3 is 15.0 Å². The molecule has 0 bridgehead atoms. The van der Waals surface area contributed by atoms with Crippen molar-refractivity contribution in [3.05, 3.63) is 52.6 Å². The van der Waals surface area contributed by atoms with Gasteiger partial charge in [0.05, 0.1) is 12.2 Å². The third-order valence-corrected chi connectivity index (χ3v) is 3.95. The Morgan fingerprint density at radius 1 is 1.45 bits per heavy atom. The van der Waals surface area contributed by atoms with Crippen LogP contribution in [-0.4, -0.2) is 29.1 Å². The average molecular weight is 328 g/mol. The van der Waals surface area contributed by atoms with E-state index in [-0.39, 0.29) is 12.2 Å². The number of nitrogens with zero attached hydrogens (tertiary/aromatic N) is 1. The SMILES string of the molecule is O=C(NC1(c2ncc[nH]2)CCOC1)c1ccc(F)c(Cl)c1F. The summed E-state index contributed by atoms with van der Waals surface area (Å²) in [4.78, 5) is 19.4. The van der Waals surface area contributed by atoms with E-state index >= 15 is 0 Å². The minimum absolute atomic E-state index is 0.211. The van der Waals surface area contributed by atoms with Crippen LogP contribution in [0.3, 0.4) is 0 Å². The van der Waals surface area contributed by atoms with Crippen molar-refractivity contribution in [3.8, 4) is 0 Å². The normalized spacial score (nSPS) is 21.0. The number of benzene rings is 1. The molecule has 1 fully saturated rings. The Labute approximate surface area is 129 Å². The second-order valence-corrected chi connectivity index (χ2v) is 5.38. The largest absolute Gasteiger partial charge is 0.378 e.